The second kappa shape index (κ2) is 10.8. The third-order valence-corrected chi connectivity index (χ3v) is 5.94. The predicted molar refractivity (Wildman–Crippen MR) is 135 cm³/mol. The summed E-state index contributed by atoms with van der Waals surface area (Å²) >= 11 is 0. The molecule has 0 bridgehead atoms. The Hall–Kier alpha value is -3.58. The first-order chi connectivity index (χ1) is 17.5. The number of rotatable bonds is 3. The van der Waals surface area contributed by atoms with Gasteiger partial charge in [-0.1, -0.05) is 87.5 Å². The van der Waals surface area contributed by atoms with Crippen LogP contribution in [0.1, 0.15) is 26.3 Å². The van der Waals surface area contributed by atoms with Gasteiger partial charge in [0, 0.05) is 5.56 Å². The maximum Gasteiger partial charge on any atom is 0.361 e. The van der Waals surface area contributed by atoms with Crippen LogP contribution in [-0.4, -0.2) is 0 Å². The molecular weight excluding hydrogens is 488 g/mol. The second-order valence-corrected chi connectivity index (χ2v) is 10.4. The van der Waals surface area contributed by atoms with Crippen molar-refractivity contribution in [3.63, 3.8) is 0 Å². The summed E-state index contributed by atoms with van der Waals surface area (Å²) < 4.78 is 40.4. The largest absolute Gasteiger partial charge is 0.361 e. The van der Waals surface area contributed by atoms with Crippen molar-refractivity contribution in [3.05, 3.63) is 115 Å². The van der Waals surface area contributed by atoms with Crippen LogP contribution in [0.2, 0.25) is 0 Å². The van der Waals surface area contributed by atoms with Crippen molar-refractivity contribution in [2.75, 3.05) is 0 Å². The molecule has 5 nitrogen and oxygen atoms in total. The first kappa shape index (κ1) is 26.5. The highest BCUT2D eigenvalue weighted by atomic mass is 35.7. The first-order valence-electron chi connectivity index (χ1n) is 11.7. The molecule has 5 rings (SSSR count). The van der Waals surface area contributed by atoms with Crippen molar-refractivity contribution in [2.45, 2.75) is 26.2 Å². The number of fused-ring (bicyclic) bond motifs is 1. The zero-order chi connectivity index (χ0) is 26.6. The lowest BCUT2D eigenvalue weighted by molar-refractivity contribution is -2.00. The van der Waals surface area contributed by atoms with Gasteiger partial charge in [-0.25, -0.2) is 23.1 Å². The molecule has 0 saturated heterocycles. The van der Waals surface area contributed by atoms with Crippen LogP contribution in [0.25, 0.3) is 44.9 Å². The smallest absolute Gasteiger partial charge is 0.222 e. The van der Waals surface area contributed by atoms with E-state index in [1.807, 2.05) is 12.1 Å². The van der Waals surface area contributed by atoms with Gasteiger partial charge < -0.3 is 0 Å². The van der Waals surface area contributed by atoms with E-state index >= 15 is 0 Å². The molecule has 1 aromatic heterocycles. The fraction of sp³-hybridized carbons (Fsp3) is 0.129. The third kappa shape index (κ3) is 6.80. The minimum atomic E-state index is -4.94. The zero-order valence-electron chi connectivity index (χ0n) is 20.8. The molecule has 0 spiro atoms. The van der Waals surface area contributed by atoms with E-state index in [-0.39, 0.29) is 5.41 Å². The van der Waals surface area contributed by atoms with Crippen LogP contribution in [0.5, 0.6) is 0 Å². The average molecular weight is 515 g/mol. The molecule has 0 aliphatic heterocycles. The van der Waals surface area contributed by atoms with Gasteiger partial charge in [0.15, 0.2) is 0 Å². The molecule has 2 aromatic carbocycles. The molecule has 2 aliphatic carbocycles. The van der Waals surface area contributed by atoms with Crippen LogP contribution in [0, 0.1) is 10.2 Å². The molecule has 2 aliphatic rings. The van der Waals surface area contributed by atoms with E-state index in [0.717, 1.165) is 22.6 Å². The van der Waals surface area contributed by atoms with Crippen LogP contribution in [0.4, 0.5) is 0 Å². The SMILES string of the molecule is CC(C)(C)c1cc(-c2cc(-c3ccccc3)[o+]c(-c3ccccc3)c2)c2cccccc1-2.[O-][Cl+3]([O-])([O-])[O-]. The molecule has 0 amide bonds. The third-order valence-electron chi connectivity index (χ3n) is 5.94. The lowest BCUT2D eigenvalue weighted by Gasteiger charge is -2.18. The van der Waals surface area contributed by atoms with Crippen molar-refractivity contribution in [3.8, 4) is 44.9 Å². The van der Waals surface area contributed by atoms with E-state index in [1.165, 1.54) is 27.8 Å². The van der Waals surface area contributed by atoms with Crippen molar-refractivity contribution in [2.24, 2.45) is 0 Å². The highest BCUT2D eigenvalue weighted by Gasteiger charge is 2.27. The number of halogens is 1. The Morgan fingerprint density at radius 3 is 1.35 bits per heavy atom. The van der Waals surface area contributed by atoms with Gasteiger partial charge >= 0.3 is 11.5 Å². The average Bonchev–Trinajstić information content (AvgIpc) is 3.06. The van der Waals surface area contributed by atoms with Gasteiger partial charge in [-0.15, -0.1) is 10.2 Å². The molecular formula is C31H27ClO5. The molecule has 3 aromatic rings. The Morgan fingerprint density at radius 1 is 0.514 bits per heavy atom. The summed E-state index contributed by atoms with van der Waals surface area (Å²) in [7, 11) is -4.94. The molecule has 0 fully saturated rings. The molecule has 6 heteroatoms. The van der Waals surface area contributed by atoms with E-state index in [4.69, 9.17) is 23.1 Å². The Balaban J connectivity index is 0.000000586. The summed E-state index contributed by atoms with van der Waals surface area (Å²) in [6.45, 7) is 6.84. The zero-order valence-corrected chi connectivity index (χ0v) is 21.6. The van der Waals surface area contributed by atoms with Gasteiger partial charge in [0.25, 0.3) is 0 Å². The van der Waals surface area contributed by atoms with Crippen LogP contribution in [0.3, 0.4) is 0 Å². The normalized spacial score (nSPS) is 11.6. The van der Waals surface area contributed by atoms with E-state index in [0.29, 0.717) is 0 Å². The van der Waals surface area contributed by atoms with Gasteiger partial charge in [0.1, 0.15) is 0 Å². The molecule has 1 heterocycles. The molecule has 0 radical (unpaired) electrons. The maximum atomic E-state index is 8.49. The fourth-order valence-corrected chi connectivity index (χ4v) is 4.32. The van der Waals surface area contributed by atoms with Crippen molar-refractivity contribution >= 4 is 0 Å². The minimum Gasteiger partial charge on any atom is -0.222 e. The number of benzene rings is 2. The quantitative estimate of drug-likeness (QED) is 0.335. The summed E-state index contributed by atoms with van der Waals surface area (Å²) in [5.74, 6) is 1.74. The summed E-state index contributed by atoms with van der Waals surface area (Å²) in [5.41, 5.74) is 8.54. The standard InChI is InChI=1S/C31H27O.ClHO4/c1-31(2,3)28-21-27(25-17-11-6-12-18-26(25)28)24-19-29(22-13-7-4-8-14-22)32-30(20-24)23-15-9-5-10-16-23;2-1(3,4)5/h4-21H,1-3H3;(H,2,3,4,5)/q+1;/p-1. The molecule has 188 valence electrons. The summed E-state index contributed by atoms with van der Waals surface area (Å²) in [4.78, 5) is 0. The Bertz CT molecular complexity index is 1370. The lowest BCUT2D eigenvalue weighted by Crippen LogP contribution is -2.68. The summed E-state index contributed by atoms with van der Waals surface area (Å²) in [6, 6.07) is 38.2. The predicted octanol–water partition coefficient (Wildman–Crippen LogP) is 4.21. The van der Waals surface area contributed by atoms with Crippen LogP contribution in [0.15, 0.2) is 114 Å². The van der Waals surface area contributed by atoms with E-state index in [1.54, 1.807) is 0 Å². The topological polar surface area (TPSA) is 104 Å². The van der Waals surface area contributed by atoms with Crippen LogP contribution >= 0.6 is 0 Å². The van der Waals surface area contributed by atoms with Crippen molar-refractivity contribution in [1.29, 1.82) is 0 Å². The van der Waals surface area contributed by atoms with Gasteiger partial charge in [-0.05, 0) is 58.0 Å². The van der Waals surface area contributed by atoms with Gasteiger partial charge in [-0.3, -0.25) is 0 Å². The Labute approximate surface area is 219 Å². The highest BCUT2D eigenvalue weighted by molar-refractivity contribution is 5.91. The van der Waals surface area contributed by atoms with E-state index in [9.17, 15) is 0 Å². The lowest BCUT2D eigenvalue weighted by atomic mass is 9.86. The summed E-state index contributed by atoms with van der Waals surface area (Å²) in [6.07, 6.45) is 0. The maximum absolute atomic E-state index is 8.49. The van der Waals surface area contributed by atoms with E-state index in [2.05, 4.69) is 118 Å². The molecule has 0 saturated carbocycles. The van der Waals surface area contributed by atoms with Crippen LogP contribution in [-0.2, 0) is 5.41 Å². The molecule has 0 unspecified atom stereocenters. The van der Waals surface area contributed by atoms with Crippen LogP contribution < -0.4 is 18.6 Å². The van der Waals surface area contributed by atoms with Crippen molar-refractivity contribution in [1.82, 2.24) is 0 Å². The van der Waals surface area contributed by atoms with Gasteiger partial charge in [-0.2, -0.15) is 0 Å². The van der Waals surface area contributed by atoms with Gasteiger partial charge in [0.05, 0.1) is 23.3 Å². The molecule has 0 N–H and O–H groups in total. The second-order valence-electron chi connectivity index (χ2n) is 9.64. The highest BCUT2D eigenvalue weighted by Crippen LogP contribution is 2.45. The summed E-state index contributed by atoms with van der Waals surface area (Å²) in [5, 5.41) is 0. The minimum absolute atomic E-state index is 0.0501. The fourth-order valence-electron chi connectivity index (χ4n) is 4.32. The number of hydrogen-bond donors (Lipinski definition) is 0. The monoisotopic (exact) mass is 514 g/mol. The van der Waals surface area contributed by atoms with E-state index < -0.39 is 10.2 Å². The van der Waals surface area contributed by atoms with Crippen molar-refractivity contribution < 1.29 is 33.3 Å². The Kier molecular flexibility index (Phi) is 7.73. The molecule has 0 atom stereocenters. The molecule has 37 heavy (non-hydrogen) atoms. The Morgan fingerprint density at radius 2 is 0.919 bits per heavy atom. The first-order valence-corrected chi connectivity index (χ1v) is 13.0. The van der Waals surface area contributed by atoms with Gasteiger partial charge in [0.2, 0.25) is 0 Å². The number of hydrogen-bond acceptors (Lipinski definition) is 4.